The van der Waals surface area contributed by atoms with Crippen molar-refractivity contribution in [3.63, 3.8) is 0 Å². The standard InChI is InChI=1S/C23H26ClN3O5/c1-15(21(28)26-19-14-17(24)8-9-20(19)31-2)32-22(29)16-10-12-27(13-11-16)23(30)25-18-6-4-3-5-7-18/h3-9,14-16H,10-13H2,1-2H3,(H,25,30)(H,26,28). The van der Waals surface area contributed by atoms with E-state index in [0.717, 1.165) is 5.69 Å². The number of rotatable bonds is 6. The van der Waals surface area contributed by atoms with Crippen molar-refractivity contribution in [2.45, 2.75) is 25.9 Å². The Balaban J connectivity index is 1.47. The third kappa shape index (κ3) is 6.13. The zero-order chi connectivity index (χ0) is 23.1. The molecule has 2 aromatic carbocycles. The van der Waals surface area contributed by atoms with Crippen molar-refractivity contribution in [3.05, 3.63) is 53.6 Å². The SMILES string of the molecule is COc1ccc(Cl)cc1NC(=O)C(C)OC(=O)C1CCN(C(=O)Nc2ccccc2)CC1. The lowest BCUT2D eigenvalue weighted by molar-refractivity contribution is -0.158. The molecule has 0 radical (unpaired) electrons. The minimum atomic E-state index is -0.995. The van der Waals surface area contributed by atoms with Crippen LogP contribution in [0.3, 0.4) is 0 Å². The summed E-state index contributed by atoms with van der Waals surface area (Å²) in [6, 6.07) is 13.8. The number of halogens is 1. The fraction of sp³-hybridized carbons (Fsp3) is 0.348. The Labute approximate surface area is 191 Å². The number of anilines is 2. The highest BCUT2D eigenvalue weighted by Crippen LogP contribution is 2.28. The summed E-state index contributed by atoms with van der Waals surface area (Å²) in [6.07, 6.45) is -0.0553. The van der Waals surface area contributed by atoms with Crippen LogP contribution in [-0.2, 0) is 14.3 Å². The lowest BCUT2D eigenvalue weighted by Gasteiger charge is -2.31. The number of nitrogens with zero attached hydrogens (tertiary/aromatic N) is 1. The lowest BCUT2D eigenvalue weighted by Crippen LogP contribution is -2.43. The smallest absolute Gasteiger partial charge is 0.321 e. The number of hydrogen-bond donors (Lipinski definition) is 2. The molecule has 3 rings (SSSR count). The van der Waals surface area contributed by atoms with Crippen molar-refractivity contribution in [2.24, 2.45) is 5.92 Å². The fourth-order valence-electron chi connectivity index (χ4n) is 3.38. The maximum atomic E-state index is 12.5. The molecule has 1 aliphatic heterocycles. The summed E-state index contributed by atoms with van der Waals surface area (Å²) in [6.45, 7) is 2.37. The molecule has 0 saturated carbocycles. The van der Waals surface area contributed by atoms with E-state index in [1.165, 1.54) is 14.0 Å². The Morgan fingerprint density at radius 3 is 2.41 bits per heavy atom. The fourth-order valence-corrected chi connectivity index (χ4v) is 3.55. The molecule has 1 aliphatic rings. The van der Waals surface area contributed by atoms with Gasteiger partial charge in [0.2, 0.25) is 0 Å². The molecule has 1 fully saturated rings. The van der Waals surface area contributed by atoms with Crippen LogP contribution >= 0.6 is 11.6 Å². The van der Waals surface area contributed by atoms with E-state index in [2.05, 4.69) is 10.6 Å². The largest absolute Gasteiger partial charge is 0.495 e. The first kappa shape index (κ1) is 23.4. The summed E-state index contributed by atoms with van der Waals surface area (Å²) in [5, 5.41) is 5.94. The molecule has 0 aliphatic carbocycles. The van der Waals surface area contributed by atoms with Crippen LogP contribution in [0.2, 0.25) is 5.02 Å². The van der Waals surface area contributed by atoms with Crippen molar-refractivity contribution in [3.8, 4) is 5.75 Å². The maximum Gasteiger partial charge on any atom is 0.321 e. The monoisotopic (exact) mass is 459 g/mol. The first-order valence-electron chi connectivity index (χ1n) is 10.3. The van der Waals surface area contributed by atoms with E-state index in [0.29, 0.717) is 42.4 Å². The van der Waals surface area contributed by atoms with Gasteiger partial charge in [0, 0.05) is 23.8 Å². The molecule has 3 amide bonds. The number of methoxy groups -OCH3 is 1. The molecule has 170 valence electrons. The van der Waals surface area contributed by atoms with E-state index >= 15 is 0 Å². The molecule has 32 heavy (non-hydrogen) atoms. The number of nitrogens with one attached hydrogen (secondary N) is 2. The van der Waals surface area contributed by atoms with Crippen molar-refractivity contribution in [1.29, 1.82) is 0 Å². The highest BCUT2D eigenvalue weighted by molar-refractivity contribution is 6.31. The molecule has 1 saturated heterocycles. The number of amides is 3. The Hall–Kier alpha value is -3.26. The van der Waals surface area contributed by atoms with Crippen LogP contribution in [0.4, 0.5) is 16.2 Å². The molecule has 0 bridgehead atoms. The van der Waals surface area contributed by atoms with E-state index in [-0.39, 0.29) is 11.9 Å². The van der Waals surface area contributed by atoms with E-state index in [4.69, 9.17) is 21.1 Å². The van der Waals surface area contributed by atoms with Gasteiger partial charge in [0.05, 0.1) is 18.7 Å². The summed E-state index contributed by atoms with van der Waals surface area (Å²) in [5.41, 5.74) is 1.11. The molecule has 2 N–H and O–H groups in total. The second-order valence-corrected chi connectivity index (χ2v) is 7.91. The predicted octanol–water partition coefficient (Wildman–Crippen LogP) is 4.16. The molecular weight excluding hydrogens is 434 g/mol. The Morgan fingerprint density at radius 2 is 1.75 bits per heavy atom. The Kier molecular flexibility index (Phi) is 7.94. The molecule has 9 heteroatoms. The van der Waals surface area contributed by atoms with Crippen LogP contribution in [0.1, 0.15) is 19.8 Å². The van der Waals surface area contributed by atoms with Crippen molar-refractivity contribution in [1.82, 2.24) is 4.90 Å². The van der Waals surface area contributed by atoms with Crippen molar-refractivity contribution in [2.75, 3.05) is 30.8 Å². The molecular formula is C23H26ClN3O5. The number of benzene rings is 2. The number of likely N-dealkylation sites (tertiary alicyclic amines) is 1. The van der Waals surface area contributed by atoms with Gasteiger partial charge in [-0.15, -0.1) is 0 Å². The molecule has 8 nitrogen and oxygen atoms in total. The predicted molar refractivity (Wildman–Crippen MR) is 122 cm³/mol. The molecule has 1 heterocycles. The minimum absolute atomic E-state index is 0.203. The summed E-state index contributed by atoms with van der Waals surface area (Å²) in [7, 11) is 1.48. The number of hydrogen-bond acceptors (Lipinski definition) is 5. The van der Waals surface area contributed by atoms with E-state index in [9.17, 15) is 14.4 Å². The van der Waals surface area contributed by atoms with Gasteiger partial charge >= 0.3 is 12.0 Å². The first-order valence-corrected chi connectivity index (χ1v) is 10.7. The van der Waals surface area contributed by atoms with Gasteiger partial charge in [0.1, 0.15) is 5.75 Å². The minimum Gasteiger partial charge on any atom is -0.495 e. The van der Waals surface area contributed by atoms with Crippen LogP contribution in [-0.4, -0.2) is 49.1 Å². The van der Waals surface area contributed by atoms with Gasteiger partial charge in [0.25, 0.3) is 5.91 Å². The van der Waals surface area contributed by atoms with E-state index < -0.39 is 18.0 Å². The highest BCUT2D eigenvalue weighted by Gasteiger charge is 2.30. The third-order valence-corrected chi connectivity index (χ3v) is 5.46. The average Bonchev–Trinajstić information content (AvgIpc) is 2.80. The summed E-state index contributed by atoms with van der Waals surface area (Å²) >= 11 is 5.98. The first-order chi connectivity index (χ1) is 15.4. The number of para-hydroxylation sites is 1. The molecule has 1 atom stereocenters. The number of carbonyl (C=O) groups is 3. The topological polar surface area (TPSA) is 97.0 Å². The van der Waals surface area contributed by atoms with E-state index in [1.807, 2.05) is 30.3 Å². The summed E-state index contributed by atoms with van der Waals surface area (Å²) < 4.78 is 10.6. The van der Waals surface area contributed by atoms with Crippen LogP contribution in [0.5, 0.6) is 5.75 Å². The molecule has 0 aromatic heterocycles. The number of carbonyl (C=O) groups excluding carboxylic acids is 3. The normalized spacial score (nSPS) is 14.9. The van der Waals surface area contributed by atoms with Crippen LogP contribution in [0, 0.1) is 5.92 Å². The lowest BCUT2D eigenvalue weighted by atomic mass is 9.97. The zero-order valence-electron chi connectivity index (χ0n) is 18.0. The van der Waals surface area contributed by atoms with Crippen molar-refractivity contribution < 1.29 is 23.9 Å². The van der Waals surface area contributed by atoms with Crippen LogP contribution < -0.4 is 15.4 Å². The number of ether oxygens (including phenoxy) is 2. The average molecular weight is 460 g/mol. The molecule has 2 aromatic rings. The quantitative estimate of drug-likeness (QED) is 0.632. The van der Waals surface area contributed by atoms with Gasteiger partial charge in [-0.25, -0.2) is 4.79 Å². The van der Waals surface area contributed by atoms with Crippen LogP contribution in [0.15, 0.2) is 48.5 Å². The van der Waals surface area contributed by atoms with E-state index in [1.54, 1.807) is 23.1 Å². The Bertz CT molecular complexity index is 961. The summed E-state index contributed by atoms with van der Waals surface area (Å²) in [5.74, 6) is -0.860. The number of urea groups is 1. The number of esters is 1. The van der Waals surface area contributed by atoms with Gasteiger partial charge in [-0.3, -0.25) is 9.59 Å². The van der Waals surface area contributed by atoms with Crippen molar-refractivity contribution >= 4 is 40.9 Å². The van der Waals surface area contributed by atoms with Gasteiger partial charge in [0.15, 0.2) is 6.10 Å². The highest BCUT2D eigenvalue weighted by atomic mass is 35.5. The molecule has 0 spiro atoms. The van der Waals surface area contributed by atoms with Crippen LogP contribution in [0.25, 0.3) is 0 Å². The second kappa shape index (κ2) is 10.9. The maximum absolute atomic E-state index is 12.5. The van der Waals surface area contributed by atoms with Gasteiger partial charge in [-0.2, -0.15) is 0 Å². The molecule has 1 unspecified atom stereocenters. The third-order valence-electron chi connectivity index (χ3n) is 5.22. The zero-order valence-corrected chi connectivity index (χ0v) is 18.7. The van der Waals surface area contributed by atoms with Gasteiger partial charge < -0.3 is 25.0 Å². The Morgan fingerprint density at radius 1 is 1.06 bits per heavy atom. The van der Waals surface area contributed by atoms with Gasteiger partial charge in [-0.1, -0.05) is 29.8 Å². The second-order valence-electron chi connectivity index (χ2n) is 7.47. The van der Waals surface area contributed by atoms with Gasteiger partial charge in [-0.05, 0) is 50.1 Å². The number of piperidine rings is 1. The summed E-state index contributed by atoms with van der Waals surface area (Å²) in [4.78, 5) is 39.1.